The zero-order valence-corrected chi connectivity index (χ0v) is 9.76. The van der Waals surface area contributed by atoms with Crippen molar-refractivity contribution in [2.75, 3.05) is 5.73 Å². The summed E-state index contributed by atoms with van der Waals surface area (Å²) in [6.07, 6.45) is 4.27. The summed E-state index contributed by atoms with van der Waals surface area (Å²) in [6, 6.07) is 2.90. The van der Waals surface area contributed by atoms with Gasteiger partial charge in [0.05, 0.1) is 12.4 Å². The quantitative estimate of drug-likeness (QED) is 0.730. The molecule has 0 aliphatic rings. The Hall–Kier alpha value is -2.21. The van der Waals surface area contributed by atoms with Crippen molar-refractivity contribution in [3.05, 3.63) is 41.6 Å². The molecule has 0 spiro atoms. The lowest BCUT2D eigenvalue weighted by molar-refractivity contribution is 0.619. The molecule has 0 bridgehead atoms. The molecule has 0 amide bonds. The molecule has 0 saturated carbocycles. The lowest BCUT2D eigenvalue weighted by atomic mass is 10.4. The largest absolute Gasteiger partial charge is 0.382 e. The molecule has 0 aromatic carbocycles. The van der Waals surface area contributed by atoms with E-state index < -0.39 is 0 Å². The van der Waals surface area contributed by atoms with E-state index in [9.17, 15) is 4.39 Å². The fraction of sp³-hybridized carbons (Fsp3) is 0. The van der Waals surface area contributed by atoms with Gasteiger partial charge in [-0.2, -0.15) is 0 Å². The Bertz CT molecular complexity index is 739. The summed E-state index contributed by atoms with van der Waals surface area (Å²) in [5.41, 5.74) is 6.76. The van der Waals surface area contributed by atoms with Gasteiger partial charge in [-0.05, 0) is 12.1 Å². The van der Waals surface area contributed by atoms with Gasteiger partial charge in [0.15, 0.2) is 5.82 Å². The zero-order valence-electron chi connectivity index (χ0n) is 9.01. The van der Waals surface area contributed by atoms with Crippen molar-refractivity contribution in [1.82, 2.24) is 19.4 Å². The van der Waals surface area contributed by atoms with Gasteiger partial charge in [-0.25, -0.2) is 19.3 Å². The summed E-state index contributed by atoms with van der Waals surface area (Å²) in [5, 5.41) is 0.277. The predicted molar refractivity (Wildman–Crippen MR) is 65.6 cm³/mol. The minimum atomic E-state index is -0.372. The van der Waals surface area contributed by atoms with Crippen LogP contribution in [-0.4, -0.2) is 19.4 Å². The van der Waals surface area contributed by atoms with Crippen LogP contribution >= 0.6 is 11.6 Å². The zero-order chi connectivity index (χ0) is 12.7. The van der Waals surface area contributed by atoms with Crippen LogP contribution in [0.2, 0.25) is 5.02 Å². The summed E-state index contributed by atoms with van der Waals surface area (Å²) in [4.78, 5) is 12.2. The molecule has 0 aliphatic heterocycles. The first kappa shape index (κ1) is 10.9. The molecule has 3 aromatic heterocycles. The number of halogens is 2. The number of anilines is 1. The van der Waals surface area contributed by atoms with E-state index in [0.29, 0.717) is 17.2 Å². The third-order valence-electron chi connectivity index (χ3n) is 2.47. The molecule has 5 nitrogen and oxygen atoms in total. The Morgan fingerprint density at radius 1 is 1.22 bits per heavy atom. The number of nitrogens with zero attached hydrogens (tertiary/aromatic N) is 4. The molecule has 3 heterocycles. The lowest BCUT2D eigenvalue weighted by Crippen LogP contribution is -1.98. The average Bonchev–Trinajstić information content (AvgIpc) is 2.75. The molecule has 90 valence electrons. The van der Waals surface area contributed by atoms with Crippen molar-refractivity contribution in [2.24, 2.45) is 0 Å². The summed E-state index contributed by atoms with van der Waals surface area (Å²) >= 11 is 5.75. The molecule has 0 atom stereocenters. The number of hydrogen-bond acceptors (Lipinski definition) is 4. The third kappa shape index (κ3) is 1.67. The fourth-order valence-electron chi connectivity index (χ4n) is 1.62. The Labute approximate surface area is 106 Å². The average molecular weight is 264 g/mol. The molecule has 7 heteroatoms. The minimum absolute atomic E-state index is 0.174. The SMILES string of the molecule is Nc1nc(-c2cnc3ccc(F)cn23)ncc1Cl. The van der Waals surface area contributed by atoms with E-state index in [1.54, 1.807) is 16.7 Å². The topological polar surface area (TPSA) is 69.1 Å². The van der Waals surface area contributed by atoms with Crippen molar-refractivity contribution >= 4 is 23.1 Å². The number of pyridine rings is 1. The van der Waals surface area contributed by atoms with Crippen LogP contribution in [0.25, 0.3) is 17.2 Å². The Kier molecular flexibility index (Phi) is 2.38. The molecular weight excluding hydrogens is 257 g/mol. The lowest BCUT2D eigenvalue weighted by Gasteiger charge is -2.02. The third-order valence-corrected chi connectivity index (χ3v) is 2.76. The second-order valence-electron chi connectivity index (χ2n) is 3.65. The molecule has 2 N–H and O–H groups in total. The van der Waals surface area contributed by atoms with Gasteiger partial charge in [0, 0.05) is 6.20 Å². The Morgan fingerprint density at radius 3 is 2.83 bits per heavy atom. The normalized spacial score (nSPS) is 11.0. The number of nitrogen functional groups attached to an aromatic ring is 1. The predicted octanol–water partition coefficient (Wildman–Crippen LogP) is 2.17. The number of aromatic nitrogens is 4. The van der Waals surface area contributed by atoms with Crippen molar-refractivity contribution < 1.29 is 4.39 Å². The Morgan fingerprint density at radius 2 is 2.06 bits per heavy atom. The van der Waals surface area contributed by atoms with Crippen LogP contribution in [0.5, 0.6) is 0 Å². The van der Waals surface area contributed by atoms with Gasteiger partial charge in [0.1, 0.15) is 28.0 Å². The van der Waals surface area contributed by atoms with Gasteiger partial charge in [-0.15, -0.1) is 0 Å². The van der Waals surface area contributed by atoms with E-state index in [0.717, 1.165) is 0 Å². The van der Waals surface area contributed by atoms with Crippen molar-refractivity contribution in [2.45, 2.75) is 0 Å². The van der Waals surface area contributed by atoms with E-state index in [1.807, 2.05) is 0 Å². The first-order valence-electron chi connectivity index (χ1n) is 5.06. The highest BCUT2D eigenvalue weighted by Gasteiger charge is 2.10. The van der Waals surface area contributed by atoms with Gasteiger partial charge in [-0.3, -0.25) is 4.40 Å². The molecule has 0 saturated heterocycles. The molecule has 0 aliphatic carbocycles. The van der Waals surface area contributed by atoms with Crippen LogP contribution in [0.4, 0.5) is 10.2 Å². The summed E-state index contributed by atoms with van der Waals surface area (Å²) in [6.45, 7) is 0. The van der Waals surface area contributed by atoms with Crippen LogP contribution < -0.4 is 5.73 Å². The van der Waals surface area contributed by atoms with Gasteiger partial charge in [0.2, 0.25) is 0 Å². The van der Waals surface area contributed by atoms with Crippen molar-refractivity contribution in [3.8, 4) is 11.5 Å². The number of hydrogen-bond donors (Lipinski definition) is 1. The summed E-state index contributed by atoms with van der Waals surface area (Å²) < 4.78 is 14.8. The minimum Gasteiger partial charge on any atom is -0.382 e. The first-order chi connectivity index (χ1) is 8.65. The number of fused-ring (bicyclic) bond motifs is 1. The van der Waals surface area contributed by atoms with Gasteiger partial charge in [0.25, 0.3) is 0 Å². The van der Waals surface area contributed by atoms with Crippen LogP contribution in [0.3, 0.4) is 0 Å². The van der Waals surface area contributed by atoms with Gasteiger partial charge >= 0.3 is 0 Å². The molecule has 0 radical (unpaired) electrons. The maximum atomic E-state index is 13.2. The van der Waals surface area contributed by atoms with E-state index >= 15 is 0 Å². The smallest absolute Gasteiger partial charge is 0.180 e. The molecule has 3 aromatic rings. The van der Waals surface area contributed by atoms with Crippen LogP contribution in [0.1, 0.15) is 0 Å². The highest BCUT2D eigenvalue weighted by Crippen LogP contribution is 2.21. The molecule has 18 heavy (non-hydrogen) atoms. The maximum absolute atomic E-state index is 13.2. The second kappa shape index (κ2) is 3.92. The number of nitrogens with two attached hydrogens (primary N) is 1. The highest BCUT2D eigenvalue weighted by molar-refractivity contribution is 6.32. The molecule has 3 rings (SSSR count). The van der Waals surface area contributed by atoms with E-state index in [1.165, 1.54) is 18.5 Å². The standard InChI is InChI=1S/C11H7ClFN5/c12-7-3-16-11(17-10(7)14)8-4-15-9-2-1-6(13)5-18(8)9/h1-5H,(H2,14,16,17). The maximum Gasteiger partial charge on any atom is 0.180 e. The molecular formula is C11H7ClFN5. The molecule has 0 fully saturated rings. The highest BCUT2D eigenvalue weighted by atomic mass is 35.5. The summed E-state index contributed by atoms with van der Waals surface area (Å²) in [5.74, 6) is 0.145. The monoisotopic (exact) mass is 263 g/mol. The van der Waals surface area contributed by atoms with E-state index in [4.69, 9.17) is 17.3 Å². The fourth-order valence-corrected chi connectivity index (χ4v) is 1.71. The van der Waals surface area contributed by atoms with Crippen LogP contribution in [0.15, 0.2) is 30.7 Å². The second-order valence-corrected chi connectivity index (χ2v) is 4.05. The van der Waals surface area contributed by atoms with Gasteiger partial charge in [-0.1, -0.05) is 11.6 Å². The van der Waals surface area contributed by atoms with Crippen molar-refractivity contribution in [1.29, 1.82) is 0 Å². The van der Waals surface area contributed by atoms with Gasteiger partial charge < -0.3 is 5.73 Å². The summed E-state index contributed by atoms with van der Waals surface area (Å²) in [7, 11) is 0. The van der Waals surface area contributed by atoms with Crippen LogP contribution in [0, 0.1) is 5.82 Å². The van der Waals surface area contributed by atoms with E-state index in [2.05, 4.69) is 15.0 Å². The number of rotatable bonds is 1. The first-order valence-corrected chi connectivity index (χ1v) is 5.44. The molecule has 0 unspecified atom stereocenters. The number of imidazole rings is 1. The van der Waals surface area contributed by atoms with Crippen LogP contribution in [-0.2, 0) is 0 Å². The van der Waals surface area contributed by atoms with Crippen molar-refractivity contribution in [3.63, 3.8) is 0 Å². The Balaban J connectivity index is 2.24. The van der Waals surface area contributed by atoms with E-state index in [-0.39, 0.29) is 16.7 Å².